The first-order valence-electron chi connectivity index (χ1n) is 6.40. The highest BCUT2D eigenvalue weighted by Gasteiger charge is 2.09. The Morgan fingerprint density at radius 3 is 2.09 bits per heavy atom. The van der Waals surface area contributed by atoms with Crippen molar-refractivity contribution in [1.82, 2.24) is 4.98 Å². The van der Waals surface area contributed by atoms with E-state index in [4.69, 9.17) is 22.3 Å². The topological polar surface area (TPSA) is 113 Å². The molecule has 5 nitrogen and oxygen atoms in total. The van der Waals surface area contributed by atoms with Gasteiger partial charge in [0.2, 0.25) is 0 Å². The molecule has 0 aliphatic heterocycles. The molecule has 3 heterocycles. The van der Waals surface area contributed by atoms with Crippen LogP contribution in [-0.4, -0.2) is 16.7 Å². The van der Waals surface area contributed by atoms with Gasteiger partial charge in [-0.2, -0.15) is 0 Å². The molecular formula is C15H13N5S2. The number of nitrogens with two attached hydrogens (primary N) is 2. The summed E-state index contributed by atoms with van der Waals surface area (Å²) in [5.41, 5.74) is 12.4. The summed E-state index contributed by atoms with van der Waals surface area (Å²) >= 11 is 3.16. The lowest BCUT2D eigenvalue weighted by Gasteiger charge is -1.99. The third-order valence-corrected chi connectivity index (χ3v) is 5.49. The summed E-state index contributed by atoms with van der Waals surface area (Å²) in [6.45, 7) is 0. The zero-order valence-corrected chi connectivity index (χ0v) is 13.1. The van der Waals surface area contributed by atoms with Crippen molar-refractivity contribution in [2.24, 2.45) is 11.5 Å². The molecule has 0 amide bonds. The Hall–Kier alpha value is -2.51. The van der Waals surface area contributed by atoms with Gasteiger partial charge in [0.05, 0.1) is 4.88 Å². The quantitative estimate of drug-likeness (QED) is 0.436. The molecule has 0 aliphatic rings. The summed E-state index contributed by atoms with van der Waals surface area (Å²) in [5, 5.41) is 14.8. The maximum absolute atomic E-state index is 7.46. The average molecular weight is 327 g/mol. The van der Waals surface area contributed by atoms with E-state index in [1.165, 1.54) is 11.3 Å². The Labute approximate surface area is 135 Å². The van der Waals surface area contributed by atoms with Crippen molar-refractivity contribution in [2.75, 3.05) is 0 Å². The molecule has 0 fully saturated rings. The fourth-order valence-electron chi connectivity index (χ4n) is 1.94. The van der Waals surface area contributed by atoms with Crippen molar-refractivity contribution < 1.29 is 0 Å². The van der Waals surface area contributed by atoms with Crippen LogP contribution in [-0.2, 0) is 0 Å². The Balaban J connectivity index is 1.89. The van der Waals surface area contributed by atoms with Gasteiger partial charge in [-0.25, -0.2) is 0 Å². The van der Waals surface area contributed by atoms with Gasteiger partial charge in [0, 0.05) is 26.4 Å². The summed E-state index contributed by atoms with van der Waals surface area (Å²) in [7, 11) is 0. The lowest BCUT2D eigenvalue weighted by atomic mass is 10.2. The number of nitrogens with zero attached hydrogens (tertiary/aromatic N) is 1. The highest BCUT2D eigenvalue weighted by molar-refractivity contribution is 7.24. The van der Waals surface area contributed by atoms with Crippen molar-refractivity contribution in [1.29, 1.82) is 10.8 Å². The fraction of sp³-hybridized carbons (Fsp3) is 0. The molecule has 0 aliphatic carbocycles. The predicted molar refractivity (Wildman–Crippen MR) is 92.9 cm³/mol. The van der Waals surface area contributed by atoms with Crippen LogP contribution in [0.25, 0.3) is 20.2 Å². The minimum absolute atomic E-state index is 0.0335. The zero-order valence-electron chi connectivity index (χ0n) is 11.5. The molecule has 0 unspecified atom stereocenters. The second kappa shape index (κ2) is 5.70. The lowest BCUT2D eigenvalue weighted by molar-refractivity contribution is 1.26. The van der Waals surface area contributed by atoms with Gasteiger partial charge in [-0.3, -0.25) is 15.8 Å². The molecule has 0 atom stereocenters. The molecular weight excluding hydrogens is 314 g/mol. The third-order valence-electron chi connectivity index (χ3n) is 3.04. The minimum atomic E-state index is -0.0335. The van der Waals surface area contributed by atoms with Gasteiger partial charge in [0.1, 0.15) is 17.4 Å². The van der Waals surface area contributed by atoms with E-state index in [0.29, 0.717) is 5.69 Å². The highest BCUT2D eigenvalue weighted by Crippen LogP contribution is 2.37. The van der Waals surface area contributed by atoms with E-state index in [1.807, 2.05) is 24.3 Å². The third kappa shape index (κ3) is 2.76. The monoisotopic (exact) mass is 327 g/mol. The number of thiophene rings is 2. The second-order valence-electron chi connectivity index (χ2n) is 4.59. The summed E-state index contributed by atoms with van der Waals surface area (Å²) in [4.78, 5) is 8.27. The van der Waals surface area contributed by atoms with Crippen LogP contribution < -0.4 is 11.5 Å². The fourth-order valence-corrected chi connectivity index (χ4v) is 3.89. The van der Waals surface area contributed by atoms with Gasteiger partial charge >= 0.3 is 0 Å². The first-order chi connectivity index (χ1) is 10.5. The van der Waals surface area contributed by atoms with Gasteiger partial charge < -0.3 is 11.5 Å². The number of nitrogens with one attached hydrogen (secondary N) is 2. The van der Waals surface area contributed by atoms with Gasteiger partial charge in [-0.15, -0.1) is 22.7 Å². The van der Waals surface area contributed by atoms with Crippen molar-refractivity contribution in [3.63, 3.8) is 0 Å². The number of hydrogen-bond donors (Lipinski definition) is 4. The van der Waals surface area contributed by atoms with E-state index >= 15 is 0 Å². The van der Waals surface area contributed by atoms with E-state index < -0.39 is 0 Å². The molecule has 0 aromatic carbocycles. The van der Waals surface area contributed by atoms with Crippen molar-refractivity contribution >= 4 is 34.3 Å². The van der Waals surface area contributed by atoms with Crippen LogP contribution >= 0.6 is 22.7 Å². The summed E-state index contributed by atoms with van der Waals surface area (Å²) in [5.74, 6) is 0.0609. The minimum Gasteiger partial charge on any atom is -0.383 e. The Morgan fingerprint density at radius 1 is 0.818 bits per heavy atom. The maximum atomic E-state index is 7.46. The number of hydrogen-bond acceptors (Lipinski definition) is 5. The Kier molecular flexibility index (Phi) is 3.74. The second-order valence-corrected chi connectivity index (χ2v) is 6.75. The van der Waals surface area contributed by atoms with E-state index in [1.54, 1.807) is 23.6 Å². The van der Waals surface area contributed by atoms with Crippen molar-refractivity contribution in [2.45, 2.75) is 0 Å². The molecule has 0 radical (unpaired) electrons. The molecule has 7 heteroatoms. The van der Waals surface area contributed by atoms with Gasteiger partial charge in [-0.1, -0.05) is 0 Å². The molecule has 3 aromatic rings. The molecule has 22 heavy (non-hydrogen) atoms. The van der Waals surface area contributed by atoms with Gasteiger partial charge in [0.15, 0.2) is 0 Å². The molecule has 0 saturated heterocycles. The van der Waals surface area contributed by atoms with Crippen LogP contribution in [0.4, 0.5) is 0 Å². The van der Waals surface area contributed by atoms with Gasteiger partial charge in [0.25, 0.3) is 0 Å². The molecule has 0 bridgehead atoms. The van der Waals surface area contributed by atoms with Crippen LogP contribution in [0, 0.1) is 10.8 Å². The standard InChI is InChI=1S/C15H13N5S2/c16-14(17)9-2-1-8(7-20-9)10-3-4-11(21-10)12-5-6-13(22-12)15(18)19/h1-7H,(H3,16,17)(H3,18,19). The van der Waals surface area contributed by atoms with E-state index in [0.717, 1.165) is 25.1 Å². The Morgan fingerprint density at radius 2 is 1.50 bits per heavy atom. The maximum Gasteiger partial charge on any atom is 0.141 e. The molecule has 3 aromatic heterocycles. The van der Waals surface area contributed by atoms with Crippen LogP contribution in [0.5, 0.6) is 0 Å². The largest absolute Gasteiger partial charge is 0.383 e. The molecule has 110 valence electrons. The van der Waals surface area contributed by atoms with Crippen LogP contribution in [0.3, 0.4) is 0 Å². The SMILES string of the molecule is N=C(N)c1ccc(-c2ccc(-c3ccc(C(=N)N)s3)s2)cn1. The first-order valence-corrected chi connectivity index (χ1v) is 8.03. The van der Waals surface area contributed by atoms with Crippen LogP contribution in [0.2, 0.25) is 0 Å². The van der Waals surface area contributed by atoms with E-state index in [-0.39, 0.29) is 11.7 Å². The van der Waals surface area contributed by atoms with E-state index in [9.17, 15) is 0 Å². The number of nitrogen functional groups attached to an aromatic ring is 2. The van der Waals surface area contributed by atoms with Gasteiger partial charge in [-0.05, 0) is 36.4 Å². The molecule has 3 rings (SSSR count). The van der Waals surface area contributed by atoms with Crippen LogP contribution in [0.15, 0.2) is 42.6 Å². The Bertz CT molecular complexity index is 845. The zero-order chi connectivity index (χ0) is 15.7. The smallest absolute Gasteiger partial charge is 0.141 e. The summed E-state index contributed by atoms with van der Waals surface area (Å²) < 4.78 is 0. The summed E-state index contributed by atoms with van der Waals surface area (Å²) in [6.07, 6.45) is 1.72. The molecule has 6 N–H and O–H groups in total. The van der Waals surface area contributed by atoms with Crippen LogP contribution in [0.1, 0.15) is 10.6 Å². The average Bonchev–Trinajstić information content (AvgIpc) is 3.16. The highest BCUT2D eigenvalue weighted by atomic mass is 32.1. The molecule has 0 spiro atoms. The number of pyridine rings is 1. The lowest BCUT2D eigenvalue weighted by Crippen LogP contribution is -2.12. The number of amidine groups is 2. The number of aromatic nitrogens is 1. The number of rotatable bonds is 4. The summed E-state index contributed by atoms with van der Waals surface area (Å²) in [6, 6.07) is 11.6. The normalized spacial score (nSPS) is 10.5. The predicted octanol–water partition coefficient (Wildman–Crippen LogP) is 3.11. The van der Waals surface area contributed by atoms with Crippen molar-refractivity contribution in [3.05, 3.63) is 53.2 Å². The first kappa shape index (κ1) is 14.4. The van der Waals surface area contributed by atoms with Crippen molar-refractivity contribution in [3.8, 4) is 20.2 Å². The molecule has 0 saturated carbocycles. The van der Waals surface area contributed by atoms with E-state index in [2.05, 4.69) is 11.1 Å².